The molecule has 0 spiro atoms. The summed E-state index contributed by atoms with van der Waals surface area (Å²) >= 11 is 0. The van der Waals surface area contributed by atoms with Crippen LogP contribution in [0.5, 0.6) is 0 Å². The molecule has 5 nitrogen and oxygen atoms in total. The van der Waals surface area contributed by atoms with Crippen molar-refractivity contribution in [1.29, 1.82) is 0 Å². The lowest BCUT2D eigenvalue weighted by atomic mass is 10.0. The van der Waals surface area contributed by atoms with Crippen LogP contribution >= 0.6 is 0 Å². The molecule has 0 bridgehead atoms. The van der Waals surface area contributed by atoms with E-state index in [1.54, 1.807) is 12.5 Å². The SMILES string of the molecule is Cc1ccc(N2CCC[C@@H](NCc3ccc(-n4ccnc4)nc3)C2)cc1. The molecule has 0 unspecified atom stereocenters. The topological polar surface area (TPSA) is 46.0 Å². The Balaban J connectivity index is 1.33. The van der Waals surface area contributed by atoms with Gasteiger partial charge in [0.15, 0.2) is 0 Å². The highest BCUT2D eigenvalue weighted by Gasteiger charge is 2.19. The van der Waals surface area contributed by atoms with Crippen molar-refractivity contribution in [3.8, 4) is 5.82 Å². The number of aromatic nitrogens is 3. The van der Waals surface area contributed by atoms with Gasteiger partial charge in [-0.3, -0.25) is 4.57 Å². The van der Waals surface area contributed by atoms with Crippen molar-refractivity contribution in [1.82, 2.24) is 19.9 Å². The van der Waals surface area contributed by atoms with Crippen LogP contribution in [0.3, 0.4) is 0 Å². The molecule has 1 fully saturated rings. The zero-order valence-corrected chi connectivity index (χ0v) is 15.2. The van der Waals surface area contributed by atoms with Gasteiger partial charge in [0.1, 0.15) is 12.1 Å². The summed E-state index contributed by atoms with van der Waals surface area (Å²) in [7, 11) is 0. The second-order valence-electron chi connectivity index (χ2n) is 7.00. The van der Waals surface area contributed by atoms with Crippen LogP contribution in [0, 0.1) is 6.92 Å². The molecule has 3 heterocycles. The average molecular weight is 347 g/mol. The van der Waals surface area contributed by atoms with Crippen molar-refractivity contribution >= 4 is 5.69 Å². The lowest BCUT2D eigenvalue weighted by Crippen LogP contribution is -2.45. The molecule has 0 saturated carbocycles. The highest BCUT2D eigenvalue weighted by Crippen LogP contribution is 2.20. The first kappa shape index (κ1) is 16.8. The van der Waals surface area contributed by atoms with Gasteiger partial charge in [-0.25, -0.2) is 9.97 Å². The lowest BCUT2D eigenvalue weighted by Gasteiger charge is -2.35. The fourth-order valence-corrected chi connectivity index (χ4v) is 3.46. The Kier molecular flexibility index (Phi) is 4.97. The third kappa shape index (κ3) is 3.94. The van der Waals surface area contributed by atoms with Crippen LogP contribution in [0.1, 0.15) is 24.0 Å². The van der Waals surface area contributed by atoms with Crippen LogP contribution in [0.15, 0.2) is 61.3 Å². The molecule has 2 aromatic heterocycles. The number of benzene rings is 1. The van der Waals surface area contributed by atoms with E-state index < -0.39 is 0 Å². The Morgan fingerprint density at radius 2 is 2.04 bits per heavy atom. The molecule has 134 valence electrons. The Morgan fingerprint density at radius 3 is 2.77 bits per heavy atom. The second kappa shape index (κ2) is 7.70. The number of hydrogen-bond acceptors (Lipinski definition) is 4. The first-order valence-electron chi connectivity index (χ1n) is 9.26. The highest BCUT2D eigenvalue weighted by molar-refractivity contribution is 5.48. The van der Waals surface area contributed by atoms with Gasteiger partial charge in [0.05, 0.1) is 0 Å². The van der Waals surface area contributed by atoms with Crippen molar-refractivity contribution in [3.63, 3.8) is 0 Å². The van der Waals surface area contributed by atoms with Crippen LogP contribution in [-0.4, -0.2) is 33.7 Å². The number of pyridine rings is 1. The van der Waals surface area contributed by atoms with E-state index in [4.69, 9.17) is 0 Å². The normalized spacial score (nSPS) is 17.4. The molecule has 3 aromatic rings. The number of nitrogens with zero attached hydrogens (tertiary/aromatic N) is 4. The molecule has 26 heavy (non-hydrogen) atoms. The molecular weight excluding hydrogens is 322 g/mol. The van der Waals surface area contributed by atoms with Gasteiger partial charge in [-0.1, -0.05) is 23.8 Å². The Morgan fingerprint density at radius 1 is 1.15 bits per heavy atom. The summed E-state index contributed by atoms with van der Waals surface area (Å²) in [6.07, 6.45) is 9.83. The van der Waals surface area contributed by atoms with E-state index in [0.717, 1.165) is 25.5 Å². The second-order valence-corrected chi connectivity index (χ2v) is 7.00. The van der Waals surface area contributed by atoms with E-state index in [1.807, 2.05) is 23.0 Å². The number of nitrogens with one attached hydrogen (secondary N) is 1. The molecule has 5 heteroatoms. The monoisotopic (exact) mass is 347 g/mol. The molecule has 1 aliphatic rings. The molecule has 1 N–H and O–H groups in total. The van der Waals surface area contributed by atoms with Crippen LogP contribution in [-0.2, 0) is 6.54 Å². The fraction of sp³-hybridized carbons (Fsp3) is 0.333. The zero-order chi connectivity index (χ0) is 17.8. The number of aryl methyl sites for hydroxylation is 1. The smallest absolute Gasteiger partial charge is 0.137 e. The summed E-state index contributed by atoms with van der Waals surface area (Å²) < 4.78 is 1.91. The van der Waals surface area contributed by atoms with Crippen molar-refractivity contribution < 1.29 is 0 Å². The molecule has 1 atom stereocenters. The first-order valence-corrected chi connectivity index (χ1v) is 9.26. The Labute approximate surface area is 154 Å². The Bertz CT molecular complexity index is 809. The van der Waals surface area contributed by atoms with Gasteiger partial charge >= 0.3 is 0 Å². The van der Waals surface area contributed by atoms with Gasteiger partial charge in [-0.15, -0.1) is 0 Å². The molecule has 1 aromatic carbocycles. The number of imidazole rings is 1. The number of rotatable bonds is 5. The molecule has 0 radical (unpaired) electrons. The van der Waals surface area contributed by atoms with Crippen LogP contribution in [0.2, 0.25) is 0 Å². The minimum Gasteiger partial charge on any atom is -0.370 e. The maximum absolute atomic E-state index is 4.53. The lowest BCUT2D eigenvalue weighted by molar-refractivity contribution is 0.421. The van der Waals surface area contributed by atoms with E-state index in [1.165, 1.54) is 29.7 Å². The van der Waals surface area contributed by atoms with Crippen LogP contribution < -0.4 is 10.2 Å². The predicted octanol–water partition coefficient (Wildman–Crippen LogP) is 3.33. The van der Waals surface area contributed by atoms with E-state index in [0.29, 0.717) is 6.04 Å². The van der Waals surface area contributed by atoms with Crippen molar-refractivity contribution in [3.05, 3.63) is 72.4 Å². The quantitative estimate of drug-likeness (QED) is 0.769. The predicted molar refractivity (Wildman–Crippen MR) is 105 cm³/mol. The maximum atomic E-state index is 4.53. The van der Waals surface area contributed by atoms with Crippen molar-refractivity contribution in [2.45, 2.75) is 32.4 Å². The van der Waals surface area contributed by atoms with E-state index in [9.17, 15) is 0 Å². The van der Waals surface area contributed by atoms with E-state index in [-0.39, 0.29) is 0 Å². The van der Waals surface area contributed by atoms with Gasteiger partial charge < -0.3 is 10.2 Å². The van der Waals surface area contributed by atoms with E-state index >= 15 is 0 Å². The summed E-state index contributed by atoms with van der Waals surface area (Å²) in [6, 6.07) is 13.5. The standard InChI is InChI=1S/C21H25N5/c1-17-4-7-20(8-5-17)25-11-2-3-19(15-25)23-13-18-6-9-21(24-14-18)26-12-10-22-16-26/h4-10,12,14,16,19,23H,2-3,11,13,15H2,1H3/t19-/m1/s1. The third-order valence-electron chi connectivity index (χ3n) is 4.99. The van der Waals surface area contributed by atoms with Gasteiger partial charge in [0.25, 0.3) is 0 Å². The maximum Gasteiger partial charge on any atom is 0.137 e. The average Bonchev–Trinajstić information content (AvgIpc) is 3.22. The summed E-state index contributed by atoms with van der Waals surface area (Å²) in [6.45, 7) is 5.19. The summed E-state index contributed by atoms with van der Waals surface area (Å²) in [4.78, 5) is 11.1. The molecule has 4 rings (SSSR count). The molecule has 1 saturated heterocycles. The number of hydrogen-bond donors (Lipinski definition) is 1. The summed E-state index contributed by atoms with van der Waals surface area (Å²) in [5.41, 5.74) is 3.85. The zero-order valence-electron chi connectivity index (χ0n) is 15.2. The van der Waals surface area contributed by atoms with E-state index in [2.05, 4.69) is 57.4 Å². The first-order chi connectivity index (χ1) is 12.8. The highest BCUT2D eigenvalue weighted by atomic mass is 15.2. The van der Waals surface area contributed by atoms with Crippen molar-refractivity contribution in [2.24, 2.45) is 0 Å². The molecular formula is C21H25N5. The summed E-state index contributed by atoms with van der Waals surface area (Å²) in [5, 5.41) is 3.70. The minimum absolute atomic E-state index is 0.512. The van der Waals surface area contributed by atoms with Gasteiger partial charge in [-0.2, -0.15) is 0 Å². The number of piperidine rings is 1. The summed E-state index contributed by atoms with van der Waals surface area (Å²) in [5.74, 6) is 0.898. The molecule has 1 aliphatic heterocycles. The van der Waals surface area contributed by atoms with Crippen LogP contribution in [0.25, 0.3) is 5.82 Å². The van der Waals surface area contributed by atoms with Gasteiger partial charge in [0, 0.05) is 50.0 Å². The fourth-order valence-electron chi connectivity index (χ4n) is 3.46. The molecule has 0 amide bonds. The van der Waals surface area contributed by atoms with Gasteiger partial charge in [-0.05, 0) is 43.5 Å². The minimum atomic E-state index is 0.512. The Hall–Kier alpha value is -2.66. The van der Waals surface area contributed by atoms with Gasteiger partial charge in [0.2, 0.25) is 0 Å². The van der Waals surface area contributed by atoms with Crippen molar-refractivity contribution in [2.75, 3.05) is 18.0 Å². The number of anilines is 1. The largest absolute Gasteiger partial charge is 0.370 e. The third-order valence-corrected chi connectivity index (χ3v) is 4.99. The van der Waals surface area contributed by atoms with Crippen LogP contribution in [0.4, 0.5) is 5.69 Å². The molecule has 0 aliphatic carbocycles.